The van der Waals surface area contributed by atoms with Gasteiger partial charge in [0.15, 0.2) is 0 Å². The summed E-state index contributed by atoms with van der Waals surface area (Å²) in [5, 5.41) is 4.03. The maximum atomic E-state index is 6.28. The molecule has 0 bridgehead atoms. The Kier molecular flexibility index (Phi) is 4.50. The quantitative estimate of drug-likeness (QED) is 0.314. The summed E-state index contributed by atoms with van der Waals surface area (Å²) in [4.78, 5) is 18.7. The Balaban J connectivity index is 1.69. The fourth-order valence-corrected chi connectivity index (χ4v) is 5.06. The standard InChI is InChI=1S/C27H25N5O2/c1-13-24(14(2)34-32-13)20-11-22-19(12-23(20)33-4)25-26(29-15(3)30-27(25)31-22)18-9-10-21(28)17-8-6-5-7-16(17)18/h5-13,32H,28H2,1-4H3,(H,29,30,31). The van der Waals surface area contributed by atoms with Crippen LogP contribution < -0.4 is 16.0 Å². The maximum Gasteiger partial charge on any atom is 0.142 e. The Labute approximate surface area is 196 Å². The summed E-state index contributed by atoms with van der Waals surface area (Å²) in [5.74, 6) is 2.31. The number of benzene rings is 3. The first-order chi connectivity index (χ1) is 16.5. The molecule has 7 heteroatoms. The van der Waals surface area contributed by atoms with E-state index in [2.05, 4.69) is 35.6 Å². The van der Waals surface area contributed by atoms with Crippen molar-refractivity contribution >= 4 is 44.0 Å². The number of hydroxylamine groups is 1. The highest BCUT2D eigenvalue weighted by atomic mass is 16.7. The fourth-order valence-electron chi connectivity index (χ4n) is 5.06. The van der Waals surface area contributed by atoms with Crippen LogP contribution in [-0.2, 0) is 4.84 Å². The van der Waals surface area contributed by atoms with Gasteiger partial charge in [-0.05, 0) is 44.4 Å². The lowest BCUT2D eigenvalue weighted by Crippen LogP contribution is -2.19. The molecule has 0 aliphatic carbocycles. The van der Waals surface area contributed by atoms with Gasteiger partial charge in [0.1, 0.15) is 23.0 Å². The molecule has 0 spiro atoms. The van der Waals surface area contributed by atoms with Crippen LogP contribution in [0.2, 0.25) is 0 Å². The summed E-state index contributed by atoms with van der Waals surface area (Å²) >= 11 is 0. The smallest absolute Gasteiger partial charge is 0.142 e. The number of nitrogens with two attached hydrogens (primary N) is 1. The predicted octanol–water partition coefficient (Wildman–Crippen LogP) is 5.48. The van der Waals surface area contributed by atoms with Crippen molar-refractivity contribution in [3.05, 3.63) is 65.7 Å². The second-order valence-electron chi connectivity index (χ2n) is 8.73. The summed E-state index contributed by atoms with van der Waals surface area (Å²) < 4.78 is 5.85. The Bertz CT molecular complexity index is 1650. The third-order valence-corrected chi connectivity index (χ3v) is 6.59. The van der Waals surface area contributed by atoms with Gasteiger partial charge in [-0.1, -0.05) is 30.3 Å². The molecule has 2 aromatic heterocycles. The van der Waals surface area contributed by atoms with Crippen molar-refractivity contribution in [2.45, 2.75) is 26.8 Å². The van der Waals surface area contributed by atoms with E-state index in [0.29, 0.717) is 5.82 Å². The first kappa shape index (κ1) is 20.5. The highest BCUT2D eigenvalue weighted by Crippen LogP contribution is 2.42. The first-order valence-electron chi connectivity index (χ1n) is 11.3. The maximum absolute atomic E-state index is 6.28. The third kappa shape index (κ3) is 2.94. The number of nitrogens with zero attached hydrogens (tertiary/aromatic N) is 2. The van der Waals surface area contributed by atoms with Crippen LogP contribution in [0.4, 0.5) is 5.69 Å². The number of rotatable bonds is 3. The summed E-state index contributed by atoms with van der Waals surface area (Å²) in [5.41, 5.74) is 15.8. The van der Waals surface area contributed by atoms with Gasteiger partial charge in [-0.15, -0.1) is 5.48 Å². The fraction of sp³-hybridized carbons (Fsp3) is 0.185. The van der Waals surface area contributed by atoms with Crippen LogP contribution in [0.1, 0.15) is 25.2 Å². The van der Waals surface area contributed by atoms with E-state index in [-0.39, 0.29) is 6.04 Å². The van der Waals surface area contributed by atoms with Crippen LogP contribution in [0.15, 0.2) is 54.3 Å². The van der Waals surface area contributed by atoms with E-state index in [1.54, 1.807) is 7.11 Å². The normalized spacial score (nSPS) is 16.1. The van der Waals surface area contributed by atoms with E-state index in [0.717, 1.165) is 72.3 Å². The molecule has 3 heterocycles. The number of H-pyrrole nitrogens is 1. The van der Waals surface area contributed by atoms with Crippen molar-refractivity contribution in [1.82, 2.24) is 20.4 Å². The molecule has 0 fully saturated rings. The molecule has 3 aromatic carbocycles. The molecule has 5 aromatic rings. The molecule has 0 saturated heterocycles. The van der Waals surface area contributed by atoms with Crippen LogP contribution in [0.25, 0.3) is 49.5 Å². The van der Waals surface area contributed by atoms with Gasteiger partial charge in [-0.3, -0.25) is 0 Å². The van der Waals surface area contributed by atoms with Crippen LogP contribution in [0.5, 0.6) is 5.75 Å². The second kappa shape index (κ2) is 7.46. The van der Waals surface area contributed by atoms with Crippen molar-refractivity contribution in [1.29, 1.82) is 0 Å². The zero-order valence-corrected chi connectivity index (χ0v) is 19.5. The van der Waals surface area contributed by atoms with E-state index in [1.165, 1.54) is 0 Å². The zero-order chi connectivity index (χ0) is 23.6. The largest absolute Gasteiger partial charge is 0.496 e. The van der Waals surface area contributed by atoms with Crippen molar-refractivity contribution in [2.75, 3.05) is 12.8 Å². The molecule has 1 atom stereocenters. The average Bonchev–Trinajstić information content (AvgIpc) is 3.36. The molecule has 170 valence electrons. The lowest BCUT2D eigenvalue weighted by atomic mass is 9.95. The molecule has 0 saturated carbocycles. The molecular weight excluding hydrogens is 426 g/mol. The number of ether oxygens (including phenoxy) is 1. The number of hydrogen-bond donors (Lipinski definition) is 3. The SMILES string of the molecule is COc1cc2c(cc1C1=C(C)ONC1C)[nH]c1nc(C)nc(-c3ccc(N)c4ccccc34)c12. The number of anilines is 1. The minimum atomic E-state index is 0.0504. The van der Waals surface area contributed by atoms with Crippen LogP contribution in [0, 0.1) is 6.92 Å². The van der Waals surface area contributed by atoms with Gasteiger partial charge in [-0.25, -0.2) is 9.97 Å². The van der Waals surface area contributed by atoms with E-state index in [4.69, 9.17) is 25.3 Å². The Morgan fingerprint density at radius 3 is 2.50 bits per heavy atom. The van der Waals surface area contributed by atoms with Gasteiger partial charge in [0, 0.05) is 38.7 Å². The highest BCUT2D eigenvalue weighted by Gasteiger charge is 2.26. The topological polar surface area (TPSA) is 98.1 Å². The number of allylic oxidation sites excluding steroid dienone is 1. The van der Waals surface area contributed by atoms with Crippen molar-refractivity contribution < 1.29 is 9.57 Å². The number of nitrogens with one attached hydrogen (secondary N) is 2. The summed E-state index contributed by atoms with van der Waals surface area (Å²) in [6.45, 7) is 5.94. The van der Waals surface area contributed by atoms with Gasteiger partial charge in [-0.2, -0.15) is 0 Å². The summed E-state index contributed by atoms with van der Waals surface area (Å²) in [7, 11) is 1.69. The van der Waals surface area contributed by atoms with Crippen LogP contribution in [-0.4, -0.2) is 28.1 Å². The van der Waals surface area contributed by atoms with Gasteiger partial charge >= 0.3 is 0 Å². The molecule has 4 N–H and O–H groups in total. The number of nitrogen functional groups attached to an aromatic ring is 1. The monoisotopic (exact) mass is 451 g/mol. The van der Waals surface area contributed by atoms with E-state index in [1.807, 2.05) is 44.2 Å². The third-order valence-electron chi connectivity index (χ3n) is 6.59. The minimum Gasteiger partial charge on any atom is -0.496 e. The summed E-state index contributed by atoms with van der Waals surface area (Å²) in [6, 6.07) is 16.4. The highest BCUT2D eigenvalue weighted by molar-refractivity contribution is 6.16. The van der Waals surface area contributed by atoms with Gasteiger partial charge in [0.25, 0.3) is 0 Å². The van der Waals surface area contributed by atoms with Crippen molar-refractivity contribution in [3.63, 3.8) is 0 Å². The predicted molar refractivity (Wildman–Crippen MR) is 136 cm³/mol. The average molecular weight is 452 g/mol. The lowest BCUT2D eigenvalue weighted by molar-refractivity contribution is 0.122. The number of aromatic nitrogens is 3. The zero-order valence-electron chi connectivity index (χ0n) is 19.5. The molecular formula is C27H25N5O2. The molecule has 1 aliphatic heterocycles. The van der Waals surface area contributed by atoms with Crippen molar-refractivity contribution in [2.24, 2.45) is 0 Å². The Hall–Kier alpha value is -4.10. The summed E-state index contributed by atoms with van der Waals surface area (Å²) in [6.07, 6.45) is 0. The van der Waals surface area contributed by atoms with E-state index in [9.17, 15) is 0 Å². The van der Waals surface area contributed by atoms with Crippen LogP contribution >= 0.6 is 0 Å². The molecule has 1 aliphatic rings. The van der Waals surface area contributed by atoms with Gasteiger partial charge in [0.05, 0.1) is 24.2 Å². The van der Waals surface area contributed by atoms with E-state index < -0.39 is 0 Å². The molecule has 1 unspecified atom stereocenters. The van der Waals surface area contributed by atoms with Gasteiger partial charge < -0.3 is 20.3 Å². The molecule has 7 nitrogen and oxygen atoms in total. The number of aryl methyl sites for hydroxylation is 1. The second-order valence-corrected chi connectivity index (χ2v) is 8.73. The molecule has 34 heavy (non-hydrogen) atoms. The van der Waals surface area contributed by atoms with E-state index >= 15 is 0 Å². The molecule has 0 amide bonds. The van der Waals surface area contributed by atoms with Crippen molar-refractivity contribution in [3.8, 4) is 17.0 Å². The van der Waals surface area contributed by atoms with Gasteiger partial charge in [0.2, 0.25) is 0 Å². The number of hydrogen-bond acceptors (Lipinski definition) is 6. The number of aromatic amines is 1. The minimum absolute atomic E-state index is 0.0504. The Morgan fingerprint density at radius 1 is 0.971 bits per heavy atom. The van der Waals surface area contributed by atoms with Crippen LogP contribution in [0.3, 0.4) is 0 Å². The number of methoxy groups -OCH3 is 1. The Morgan fingerprint density at radius 2 is 1.76 bits per heavy atom. The molecule has 0 radical (unpaired) electrons. The first-order valence-corrected chi connectivity index (χ1v) is 11.3. The number of fused-ring (bicyclic) bond motifs is 4. The lowest BCUT2D eigenvalue weighted by Gasteiger charge is -2.13. The molecule has 6 rings (SSSR count).